The maximum atomic E-state index is 13.1. The summed E-state index contributed by atoms with van der Waals surface area (Å²) in [5, 5.41) is 9.06. The zero-order valence-electron chi connectivity index (χ0n) is 11.9. The number of alkyl halides is 3. The van der Waals surface area contributed by atoms with Gasteiger partial charge in [0.25, 0.3) is 0 Å². The summed E-state index contributed by atoms with van der Waals surface area (Å²) in [6.07, 6.45) is -4.65. The zero-order valence-corrected chi connectivity index (χ0v) is 12.7. The Morgan fingerprint density at radius 1 is 1.36 bits per heavy atom. The van der Waals surface area contributed by atoms with Crippen LogP contribution < -0.4 is 10.6 Å². The number of halogens is 3. The lowest BCUT2D eigenvalue weighted by atomic mass is 10.3. The van der Waals surface area contributed by atoms with Crippen molar-refractivity contribution < 1.29 is 22.5 Å². The van der Waals surface area contributed by atoms with Crippen molar-refractivity contribution in [1.29, 1.82) is 0 Å². The number of aromatic nitrogens is 2. The molecule has 0 saturated heterocycles. The minimum absolute atomic E-state index is 0.223. The number of nitrogens with one attached hydrogen (secondary N) is 2. The van der Waals surface area contributed by atoms with Gasteiger partial charge in [0.1, 0.15) is 16.4 Å². The Bertz CT molecular complexity index is 661. The fourth-order valence-corrected chi connectivity index (χ4v) is 2.60. The molecule has 0 aromatic carbocycles. The molecule has 2 amide bonds. The summed E-state index contributed by atoms with van der Waals surface area (Å²) in [6.45, 7) is 4.69. The van der Waals surface area contributed by atoms with Crippen molar-refractivity contribution in [1.82, 2.24) is 15.5 Å². The summed E-state index contributed by atoms with van der Waals surface area (Å²) in [4.78, 5) is 15.6. The van der Waals surface area contributed by atoms with Crippen molar-refractivity contribution in [2.24, 2.45) is 0 Å². The van der Waals surface area contributed by atoms with Crippen LogP contribution in [0.5, 0.6) is 0 Å². The molecule has 0 aliphatic heterocycles. The topological polar surface area (TPSA) is 80.0 Å². The molecule has 120 valence electrons. The number of hydrogen-bond acceptors (Lipinski definition) is 5. The van der Waals surface area contributed by atoms with Gasteiger partial charge < -0.3 is 15.2 Å². The third-order valence-corrected chi connectivity index (χ3v) is 3.79. The van der Waals surface area contributed by atoms with Gasteiger partial charge in [-0.1, -0.05) is 5.16 Å². The molecule has 2 heterocycles. The van der Waals surface area contributed by atoms with Gasteiger partial charge in [0.15, 0.2) is 11.8 Å². The van der Waals surface area contributed by atoms with Gasteiger partial charge in [-0.3, -0.25) is 0 Å². The minimum atomic E-state index is -4.65. The molecule has 22 heavy (non-hydrogen) atoms. The quantitative estimate of drug-likeness (QED) is 0.900. The molecule has 0 spiro atoms. The molecule has 1 unspecified atom stereocenters. The predicted octanol–water partition coefficient (Wildman–Crippen LogP) is 3.48. The van der Waals surface area contributed by atoms with Crippen molar-refractivity contribution in [2.45, 2.75) is 33.0 Å². The van der Waals surface area contributed by atoms with Crippen LogP contribution in [0.3, 0.4) is 0 Å². The van der Waals surface area contributed by atoms with Crippen LogP contribution in [-0.2, 0) is 0 Å². The average molecular weight is 334 g/mol. The normalized spacial score (nSPS) is 13.0. The number of thiazole rings is 1. The van der Waals surface area contributed by atoms with E-state index in [9.17, 15) is 18.0 Å². The maximum absolute atomic E-state index is 13.1. The molecular formula is C12H13F3N4O2S. The molecule has 1 atom stereocenters. The van der Waals surface area contributed by atoms with Crippen LogP contribution in [0.1, 0.15) is 28.2 Å². The van der Waals surface area contributed by atoms with Gasteiger partial charge >= 0.3 is 12.2 Å². The number of urea groups is 1. The molecule has 6 nitrogen and oxygen atoms in total. The first-order valence-corrected chi connectivity index (χ1v) is 7.05. The summed E-state index contributed by atoms with van der Waals surface area (Å²) < 4.78 is 44.1. The van der Waals surface area contributed by atoms with Crippen LogP contribution in [0, 0.1) is 20.8 Å². The van der Waals surface area contributed by atoms with E-state index in [0.717, 1.165) is 11.3 Å². The lowest BCUT2D eigenvalue weighted by molar-refractivity contribution is -0.154. The molecule has 0 bridgehead atoms. The van der Waals surface area contributed by atoms with Crippen LogP contribution in [0.2, 0.25) is 0 Å². The van der Waals surface area contributed by atoms with E-state index in [1.807, 2.05) is 5.32 Å². The van der Waals surface area contributed by atoms with E-state index >= 15 is 0 Å². The Morgan fingerprint density at radius 2 is 2.05 bits per heavy atom. The van der Waals surface area contributed by atoms with Gasteiger partial charge in [-0.2, -0.15) is 13.2 Å². The monoisotopic (exact) mass is 334 g/mol. The largest absolute Gasteiger partial charge is 0.415 e. The van der Waals surface area contributed by atoms with Crippen LogP contribution in [0.15, 0.2) is 9.90 Å². The Kier molecular flexibility index (Phi) is 4.40. The van der Waals surface area contributed by atoms with Crippen molar-refractivity contribution in [3.63, 3.8) is 0 Å². The lowest BCUT2D eigenvalue weighted by Crippen LogP contribution is -2.40. The van der Waals surface area contributed by atoms with E-state index in [4.69, 9.17) is 4.52 Å². The lowest BCUT2D eigenvalue weighted by Gasteiger charge is -2.19. The molecule has 10 heteroatoms. The van der Waals surface area contributed by atoms with Crippen molar-refractivity contribution in [3.05, 3.63) is 27.5 Å². The Labute approximate surface area is 127 Å². The van der Waals surface area contributed by atoms with Gasteiger partial charge in [0.05, 0.1) is 0 Å². The Hall–Kier alpha value is -2.10. The summed E-state index contributed by atoms with van der Waals surface area (Å²) in [7, 11) is 0. The van der Waals surface area contributed by atoms with Gasteiger partial charge in [-0.15, -0.1) is 11.3 Å². The molecule has 2 rings (SSSR count). The summed E-state index contributed by atoms with van der Waals surface area (Å²) in [5.74, 6) is 0.307. The third-order valence-electron chi connectivity index (χ3n) is 2.76. The van der Waals surface area contributed by atoms with E-state index < -0.39 is 18.2 Å². The second-order valence-electron chi connectivity index (χ2n) is 4.60. The first kappa shape index (κ1) is 16.3. The fraction of sp³-hybridized carbons (Fsp3) is 0.417. The van der Waals surface area contributed by atoms with Gasteiger partial charge in [0, 0.05) is 11.1 Å². The Balaban J connectivity index is 2.16. The highest BCUT2D eigenvalue weighted by Gasteiger charge is 2.44. The molecule has 0 aliphatic rings. The van der Waals surface area contributed by atoms with Crippen LogP contribution in [0.4, 0.5) is 23.7 Å². The summed E-state index contributed by atoms with van der Waals surface area (Å²) >= 11 is 0.836. The predicted molar refractivity (Wildman–Crippen MR) is 73.8 cm³/mol. The van der Waals surface area contributed by atoms with Crippen molar-refractivity contribution >= 4 is 23.1 Å². The highest BCUT2D eigenvalue weighted by atomic mass is 32.1. The molecule has 2 N–H and O–H groups in total. The van der Waals surface area contributed by atoms with E-state index in [-0.39, 0.29) is 10.7 Å². The number of nitrogens with zero attached hydrogens (tertiary/aromatic N) is 2. The third kappa shape index (κ3) is 3.56. The van der Waals surface area contributed by atoms with E-state index in [1.54, 1.807) is 20.8 Å². The number of aryl methyl sites for hydroxylation is 3. The second-order valence-corrected chi connectivity index (χ2v) is 5.49. The summed E-state index contributed by atoms with van der Waals surface area (Å²) in [5.41, 5.74) is 1.08. The molecule has 0 saturated carbocycles. The van der Waals surface area contributed by atoms with Crippen molar-refractivity contribution in [2.75, 3.05) is 5.32 Å². The first-order chi connectivity index (χ1) is 10.2. The van der Waals surface area contributed by atoms with Crippen LogP contribution in [0.25, 0.3) is 0 Å². The molecular weight excluding hydrogens is 321 g/mol. The smallest absolute Gasteiger partial charge is 0.359 e. The van der Waals surface area contributed by atoms with Crippen LogP contribution >= 0.6 is 11.3 Å². The SMILES string of the molecule is Cc1csc(C(NC(=O)Nc2c(C)noc2C)C(F)(F)F)n1. The first-order valence-electron chi connectivity index (χ1n) is 6.17. The average Bonchev–Trinajstić information content (AvgIpc) is 2.95. The number of hydrogen-bond donors (Lipinski definition) is 2. The number of amides is 2. The molecule has 0 fully saturated rings. The van der Waals surface area contributed by atoms with Gasteiger partial charge in [0.2, 0.25) is 0 Å². The molecule has 2 aromatic rings. The standard InChI is InChI=1S/C12H13F3N4O2S/c1-5-4-22-10(16-5)9(12(13,14)15)18-11(20)17-8-6(2)19-21-7(8)3/h4,9H,1-3H3,(H2,17,18,20). The second kappa shape index (κ2) is 5.95. The zero-order chi connectivity index (χ0) is 16.5. The van der Waals surface area contributed by atoms with E-state index in [1.165, 1.54) is 5.38 Å². The number of carbonyl (C=O) groups excluding carboxylic acids is 1. The van der Waals surface area contributed by atoms with Gasteiger partial charge in [-0.05, 0) is 20.8 Å². The van der Waals surface area contributed by atoms with E-state index in [2.05, 4.69) is 15.5 Å². The van der Waals surface area contributed by atoms with Crippen molar-refractivity contribution in [3.8, 4) is 0 Å². The number of rotatable bonds is 3. The fourth-order valence-electron chi connectivity index (χ4n) is 1.73. The number of anilines is 1. The number of carbonyl (C=O) groups is 1. The van der Waals surface area contributed by atoms with Gasteiger partial charge in [-0.25, -0.2) is 9.78 Å². The molecule has 0 radical (unpaired) electrons. The van der Waals surface area contributed by atoms with E-state index in [0.29, 0.717) is 17.1 Å². The Morgan fingerprint density at radius 3 is 2.50 bits per heavy atom. The van der Waals surface area contributed by atoms with Crippen LogP contribution in [-0.4, -0.2) is 22.3 Å². The highest BCUT2D eigenvalue weighted by Crippen LogP contribution is 2.34. The molecule has 0 aliphatic carbocycles. The molecule has 2 aromatic heterocycles. The highest BCUT2D eigenvalue weighted by molar-refractivity contribution is 7.09. The maximum Gasteiger partial charge on any atom is 0.415 e. The minimum Gasteiger partial charge on any atom is -0.359 e. The summed E-state index contributed by atoms with van der Waals surface area (Å²) in [6, 6.07) is -3.18.